The van der Waals surface area contributed by atoms with Gasteiger partial charge in [0.15, 0.2) is 11.5 Å². The zero-order valence-corrected chi connectivity index (χ0v) is 12.0. The molecule has 0 aliphatic carbocycles. The van der Waals surface area contributed by atoms with Gasteiger partial charge in [-0.3, -0.25) is 4.79 Å². The van der Waals surface area contributed by atoms with Gasteiger partial charge in [0, 0.05) is 0 Å². The van der Waals surface area contributed by atoms with E-state index in [0.29, 0.717) is 24.7 Å². The molecule has 94 valence electrons. The summed E-state index contributed by atoms with van der Waals surface area (Å²) in [6, 6.07) is 5.32. The lowest BCUT2D eigenvalue weighted by molar-refractivity contribution is -0.111. The molecule has 0 saturated heterocycles. The van der Waals surface area contributed by atoms with Gasteiger partial charge in [-0.1, -0.05) is 22.0 Å². The molecule has 0 bridgehead atoms. The number of hydrogen-bond acceptors (Lipinski definition) is 3. The normalized spacial score (nSPS) is 12.0. The Morgan fingerprint density at radius 1 is 1.29 bits per heavy atom. The second kappa shape index (κ2) is 6.87. The zero-order chi connectivity index (χ0) is 12.8. The van der Waals surface area contributed by atoms with E-state index >= 15 is 0 Å². The highest BCUT2D eigenvalue weighted by Crippen LogP contribution is 2.34. The van der Waals surface area contributed by atoms with Crippen molar-refractivity contribution in [3.05, 3.63) is 23.8 Å². The number of rotatable bonds is 6. The van der Waals surface area contributed by atoms with E-state index in [1.54, 1.807) is 18.2 Å². The number of carbonyl (C=O) groups is 1. The van der Waals surface area contributed by atoms with Crippen LogP contribution in [-0.4, -0.2) is 18.5 Å². The second-order valence-electron chi connectivity index (χ2n) is 3.24. The summed E-state index contributed by atoms with van der Waals surface area (Å²) in [5.41, 5.74) is 0.747. The molecule has 1 rings (SSSR count). The first kappa shape index (κ1) is 14.3. The van der Waals surface area contributed by atoms with Crippen molar-refractivity contribution >= 4 is 32.8 Å². The molecule has 0 fully saturated rings. The van der Waals surface area contributed by atoms with Crippen LogP contribution in [0.25, 0.3) is 0 Å². The monoisotopic (exact) mass is 320 g/mol. The molecule has 0 aliphatic rings. The fourth-order valence-electron chi connectivity index (χ4n) is 1.36. The van der Waals surface area contributed by atoms with Crippen molar-refractivity contribution in [1.82, 2.24) is 0 Å². The van der Waals surface area contributed by atoms with Crippen LogP contribution in [-0.2, 0) is 4.79 Å². The van der Waals surface area contributed by atoms with Gasteiger partial charge in [0.2, 0.25) is 5.24 Å². The van der Waals surface area contributed by atoms with Gasteiger partial charge in [-0.2, -0.15) is 0 Å². The third kappa shape index (κ3) is 3.89. The molecule has 0 N–H and O–H groups in total. The van der Waals surface area contributed by atoms with E-state index < -0.39 is 10.1 Å². The minimum absolute atomic E-state index is 0.461. The lowest BCUT2D eigenvalue weighted by atomic mass is 10.1. The lowest BCUT2D eigenvalue weighted by Crippen LogP contribution is -2.02. The van der Waals surface area contributed by atoms with E-state index in [2.05, 4.69) is 15.9 Å². The Kier molecular flexibility index (Phi) is 5.78. The third-order valence-electron chi connectivity index (χ3n) is 2.06. The Bertz CT molecular complexity index is 395. The Hall–Kier alpha value is -0.740. The van der Waals surface area contributed by atoms with Crippen LogP contribution in [0.4, 0.5) is 0 Å². The maximum atomic E-state index is 11.1. The Balaban J connectivity index is 3.04. The van der Waals surface area contributed by atoms with Crippen LogP contribution in [0.15, 0.2) is 18.2 Å². The standard InChI is InChI=1S/C12H14BrClO3/c1-3-16-9-6-5-8(11(13)12(14)15)7-10(9)17-4-2/h5-7,11H,3-4H2,1-2H3. The number of carbonyl (C=O) groups excluding carboxylic acids is 1. The number of hydrogen-bond donors (Lipinski definition) is 0. The van der Waals surface area contributed by atoms with Crippen LogP contribution >= 0.6 is 27.5 Å². The average Bonchev–Trinajstić information content (AvgIpc) is 2.31. The molecule has 1 aromatic carbocycles. The zero-order valence-electron chi connectivity index (χ0n) is 9.70. The molecule has 1 unspecified atom stereocenters. The van der Waals surface area contributed by atoms with E-state index in [4.69, 9.17) is 21.1 Å². The van der Waals surface area contributed by atoms with Gasteiger partial charge in [-0.05, 0) is 43.1 Å². The summed E-state index contributed by atoms with van der Waals surface area (Å²) < 4.78 is 10.9. The largest absolute Gasteiger partial charge is 0.490 e. The first-order valence-corrected chi connectivity index (χ1v) is 6.62. The fraction of sp³-hybridized carbons (Fsp3) is 0.417. The van der Waals surface area contributed by atoms with Gasteiger partial charge in [0.05, 0.1) is 13.2 Å². The third-order valence-corrected chi connectivity index (χ3v) is 3.49. The van der Waals surface area contributed by atoms with E-state index in [9.17, 15) is 4.79 Å². The van der Waals surface area contributed by atoms with Gasteiger partial charge >= 0.3 is 0 Å². The lowest BCUT2D eigenvalue weighted by Gasteiger charge is -2.13. The molecule has 5 heteroatoms. The maximum Gasteiger partial charge on any atom is 0.239 e. The smallest absolute Gasteiger partial charge is 0.239 e. The summed E-state index contributed by atoms with van der Waals surface area (Å²) in [7, 11) is 0. The first-order chi connectivity index (χ1) is 8.10. The van der Waals surface area contributed by atoms with Crippen LogP contribution < -0.4 is 9.47 Å². The molecular weight excluding hydrogens is 307 g/mol. The van der Waals surface area contributed by atoms with Crippen LogP contribution in [0.1, 0.15) is 24.2 Å². The fourth-order valence-corrected chi connectivity index (χ4v) is 1.77. The summed E-state index contributed by atoms with van der Waals surface area (Å²) in [5.74, 6) is 1.29. The highest BCUT2D eigenvalue weighted by molar-refractivity contribution is 9.09. The van der Waals surface area contributed by atoms with E-state index in [0.717, 1.165) is 5.56 Å². The number of benzene rings is 1. The van der Waals surface area contributed by atoms with Crippen molar-refractivity contribution in [3.8, 4) is 11.5 Å². The molecular formula is C12H14BrClO3. The summed E-state index contributed by atoms with van der Waals surface area (Å²) in [6.45, 7) is 4.89. The summed E-state index contributed by atoms with van der Waals surface area (Å²) >= 11 is 8.66. The van der Waals surface area contributed by atoms with Crippen LogP contribution in [0, 0.1) is 0 Å². The Morgan fingerprint density at radius 2 is 1.88 bits per heavy atom. The van der Waals surface area contributed by atoms with Gasteiger partial charge in [-0.15, -0.1) is 0 Å². The molecule has 1 aromatic rings. The van der Waals surface area contributed by atoms with Crippen LogP contribution in [0.2, 0.25) is 0 Å². The Labute approximate surface area is 114 Å². The summed E-state index contributed by atoms with van der Waals surface area (Å²) in [4.78, 5) is 10.5. The SMILES string of the molecule is CCOc1ccc(C(Br)C(=O)Cl)cc1OCC. The van der Waals surface area contributed by atoms with Crippen molar-refractivity contribution in [2.24, 2.45) is 0 Å². The van der Waals surface area contributed by atoms with Crippen molar-refractivity contribution in [2.45, 2.75) is 18.7 Å². The Morgan fingerprint density at radius 3 is 2.41 bits per heavy atom. The van der Waals surface area contributed by atoms with Crippen LogP contribution in [0.3, 0.4) is 0 Å². The van der Waals surface area contributed by atoms with Crippen LogP contribution in [0.5, 0.6) is 11.5 Å². The van der Waals surface area contributed by atoms with Crippen molar-refractivity contribution < 1.29 is 14.3 Å². The maximum absolute atomic E-state index is 11.1. The molecule has 0 saturated carbocycles. The molecule has 1 atom stereocenters. The summed E-state index contributed by atoms with van der Waals surface area (Å²) in [5, 5.41) is -0.461. The first-order valence-electron chi connectivity index (χ1n) is 5.33. The van der Waals surface area contributed by atoms with E-state index in [1.165, 1.54) is 0 Å². The van der Waals surface area contributed by atoms with Crippen molar-refractivity contribution in [2.75, 3.05) is 13.2 Å². The van der Waals surface area contributed by atoms with E-state index in [-0.39, 0.29) is 0 Å². The predicted molar refractivity (Wildman–Crippen MR) is 71.3 cm³/mol. The molecule has 17 heavy (non-hydrogen) atoms. The molecule has 0 radical (unpaired) electrons. The quantitative estimate of drug-likeness (QED) is 0.592. The molecule has 3 nitrogen and oxygen atoms in total. The van der Waals surface area contributed by atoms with E-state index in [1.807, 2.05) is 13.8 Å². The van der Waals surface area contributed by atoms with Gasteiger partial charge in [-0.25, -0.2) is 0 Å². The highest BCUT2D eigenvalue weighted by atomic mass is 79.9. The molecule has 0 aromatic heterocycles. The molecule has 0 aliphatic heterocycles. The number of alkyl halides is 1. The average molecular weight is 322 g/mol. The minimum atomic E-state index is -0.529. The number of halogens is 2. The number of ether oxygens (including phenoxy) is 2. The second-order valence-corrected chi connectivity index (χ2v) is 4.53. The van der Waals surface area contributed by atoms with Crippen molar-refractivity contribution in [1.29, 1.82) is 0 Å². The molecule has 0 spiro atoms. The van der Waals surface area contributed by atoms with Gasteiger partial charge in [0.25, 0.3) is 0 Å². The topological polar surface area (TPSA) is 35.5 Å². The minimum Gasteiger partial charge on any atom is -0.490 e. The van der Waals surface area contributed by atoms with Gasteiger partial charge < -0.3 is 9.47 Å². The van der Waals surface area contributed by atoms with Gasteiger partial charge in [0.1, 0.15) is 4.83 Å². The summed E-state index contributed by atoms with van der Waals surface area (Å²) in [6.07, 6.45) is 0. The molecule has 0 heterocycles. The van der Waals surface area contributed by atoms with Crippen molar-refractivity contribution in [3.63, 3.8) is 0 Å². The highest BCUT2D eigenvalue weighted by Gasteiger charge is 2.17. The molecule has 0 amide bonds. The predicted octanol–water partition coefficient (Wildman–Crippen LogP) is 3.69.